The molecule has 0 spiro atoms. The molecular weight excluding hydrogens is 224 g/mol. The molecule has 1 aromatic carbocycles. The first kappa shape index (κ1) is 14.9. The van der Waals surface area contributed by atoms with Gasteiger partial charge in [0, 0.05) is 0 Å². The monoisotopic (exact) mass is 240 g/mol. The Morgan fingerprint density at radius 2 is 2.06 bits per heavy atom. The molecule has 0 heterocycles. The fourth-order valence-corrected chi connectivity index (χ4v) is 1.23. The van der Waals surface area contributed by atoms with E-state index in [9.17, 15) is 9.90 Å². The van der Waals surface area contributed by atoms with E-state index >= 15 is 0 Å². The summed E-state index contributed by atoms with van der Waals surface area (Å²) in [5, 5.41) is 12.4. The van der Waals surface area contributed by atoms with Crippen molar-refractivity contribution in [3.8, 4) is 0 Å². The van der Waals surface area contributed by atoms with Crippen molar-refractivity contribution in [3.05, 3.63) is 35.9 Å². The Bertz CT molecular complexity index is 382. The van der Waals surface area contributed by atoms with Gasteiger partial charge in [-0.25, -0.2) is 10.2 Å². The number of carboxylic acids is 1. The van der Waals surface area contributed by atoms with Gasteiger partial charge in [-0.2, -0.15) is 5.10 Å². The first-order valence-electron chi connectivity index (χ1n) is 4.64. The highest BCUT2D eigenvalue weighted by Gasteiger charge is 2.34. The molecule has 0 amide bonds. The lowest BCUT2D eigenvalue weighted by molar-refractivity contribution is -0.144. The number of aliphatic carboxylic acids is 1. The predicted molar refractivity (Wildman–Crippen MR) is 64.0 cm³/mol. The van der Waals surface area contributed by atoms with Crippen molar-refractivity contribution >= 4 is 12.3 Å². The molecule has 0 saturated carbocycles. The van der Waals surface area contributed by atoms with Crippen molar-refractivity contribution in [1.82, 2.24) is 10.9 Å². The van der Waals surface area contributed by atoms with E-state index in [1.54, 1.807) is 31.2 Å². The summed E-state index contributed by atoms with van der Waals surface area (Å²) < 4.78 is 0. The van der Waals surface area contributed by atoms with Gasteiger partial charge < -0.3 is 21.9 Å². The predicted octanol–water partition coefficient (Wildman–Crippen LogP) is -0.842. The maximum Gasteiger partial charge on any atom is 0.329 e. The fourth-order valence-electron chi connectivity index (χ4n) is 1.23. The maximum absolute atomic E-state index is 11.2. The molecule has 0 bridgehead atoms. The van der Waals surface area contributed by atoms with Crippen LogP contribution in [0.1, 0.15) is 12.5 Å². The zero-order valence-electron chi connectivity index (χ0n) is 9.34. The zero-order valence-corrected chi connectivity index (χ0v) is 9.34. The van der Waals surface area contributed by atoms with E-state index in [-0.39, 0.29) is 5.48 Å². The lowest BCUT2D eigenvalue weighted by atomic mass is 9.93. The second-order valence-electron chi connectivity index (χ2n) is 3.34. The molecule has 1 rings (SSSR count). The molecule has 1 aromatic rings. The molecule has 1 atom stereocenters. The van der Waals surface area contributed by atoms with Gasteiger partial charge in [0.05, 0.1) is 0 Å². The molecule has 1 unspecified atom stereocenters. The van der Waals surface area contributed by atoms with Crippen LogP contribution in [0.15, 0.2) is 35.4 Å². The van der Waals surface area contributed by atoms with Gasteiger partial charge in [-0.3, -0.25) is 0 Å². The molecule has 7 N–H and O–H groups in total. The molecule has 17 heavy (non-hydrogen) atoms. The summed E-state index contributed by atoms with van der Waals surface area (Å²) in [6, 6.07) is 8.82. The average molecular weight is 240 g/mol. The topological polar surface area (TPSA) is 131 Å². The lowest BCUT2D eigenvalue weighted by Gasteiger charge is -2.26. The van der Waals surface area contributed by atoms with Crippen LogP contribution >= 0.6 is 0 Å². The first-order valence-corrected chi connectivity index (χ1v) is 4.64. The van der Waals surface area contributed by atoms with Gasteiger partial charge in [-0.05, 0) is 12.5 Å². The van der Waals surface area contributed by atoms with Gasteiger partial charge in [0.25, 0.3) is 0 Å². The summed E-state index contributed by atoms with van der Waals surface area (Å²) in [5.41, 5.74) is 4.52. The normalized spacial score (nSPS) is 13.7. The summed E-state index contributed by atoms with van der Waals surface area (Å²) in [5.74, 6) is 3.89. The van der Waals surface area contributed by atoms with E-state index in [2.05, 4.69) is 16.0 Å². The second kappa shape index (κ2) is 6.46. The van der Waals surface area contributed by atoms with Crippen LogP contribution < -0.4 is 16.7 Å². The molecule has 0 fully saturated rings. The SMILES string of the molecule is CC(NNC=NN)(C(=O)O)c1ccccc1.O. The molecule has 0 radical (unpaired) electrons. The summed E-state index contributed by atoms with van der Waals surface area (Å²) in [6.07, 6.45) is 1.17. The van der Waals surface area contributed by atoms with Gasteiger partial charge in [0.1, 0.15) is 6.34 Å². The molecule has 0 aliphatic rings. The standard InChI is InChI=1S/C10H14N4O2.H2O/c1-10(9(15)16,14-13-7-12-11)8-5-3-2-4-6-8;/h2-7,14H,11H2,1H3,(H,12,13)(H,15,16);1H2. The largest absolute Gasteiger partial charge is 0.480 e. The second-order valence-corrected chi connectivity index (χ2v) is 3.34. The van der Waals surface area contributed by atoms with E-state index in [0.29, 0.717) is 5.56 Å². The quantitative estimate of drug-likeness (QED) is 0.230. The third kappa shape index (κ3) is 3.44. The maximum atomic E-state index is 11.2. The first-order chi connectivity index (χ1) is 7.61. The number of carboxylic acid groups (broad SMARTS) is 1. The Morgan fingerprint density at radius 3 is 2.53 bits per heavy atom. The number of hydrazine groups is 1. The minimum Gasteiger partial charge on any atom is -0.480 e. The highest BCUT2D eigenvalue weighted by Crippen LogP contribution is 2.19. The number of hydrogen-bond donors (Lipinski definition) is 4. The van der Waals surface area contributed by atoms with E-state index < -0.39 is 11.5 Å². The minimum absolute atomic E-state index is 0. The number of benzene rings is 1. The van der Waals surface area contributed by atoms with Gasteiger partial charge in [-0.15, -0.1) is 0 Å². The van der Waals surface area contributed by atoms with E-state index in [4.69, 9.17) is 5.84 Å². The van der Waals surface area contributed by atoms with Crippen molar-refractivity contribution in [2.75, 3.05) is 0 Å². The fraction of sp³-hybridized carbons (Fsp3) is 0.200. The summed E-state index contributed by atoms with van der Waals surface area (Å²) >= 11 is 0. The number of carbonyl (C=O) groups is 1. The Morgan fingerprint density at radius 1 is 1.47 bits per heavy atom. The van der Waals surface area contributed by atoms with Crippen molar-refractivity contribution in [1.29, 1.82) is 0 Å². The van der Waals surface area contributed by atoms with Crippen LogP contribution in [0.25, 0.3) is 0 Å². The molecule has 0 saturated heterocycles. The number of hydrogen-bond acceptors (Lipinski definition) is 4. The Hall–Kier alpha value is -2.12. The molecule has 0 aromatic heterocycles. The molecule has 7 nitrogen and oxygen atoms in total. The Kier molecular flexibility index (Phi) is 5.65. The lowest BCUT2D eigenvalue weighted by Crippen LogP contribution is -2.52. The molecule has 7 heteroatoms. The Labute approximate surface area is 98.6 Å². The van der Waals surface area contributed by atoms with Crippen LogP contribution in [-0.2, 0) is 10.3 Å². The van der Waals surface area contributed by atoms with Gasteiger partial charge in [0.2, 0.25) is 0 Å². The van der Waals surface area contributed by atoms with Gasteiger partial charge in [0.15, 0.2) is 5.54 Å². The van der Waals surface area contributed by atoms with E-state index in [1.165, 1.54) is 6.34 Å². The van der Waals surface area contributed by atoms with Crippen molar-refractivity contribution < 1.29 is 15.4 Å². The number of nitrogens with zero attached hydrogens (tertiary/aromatic N) is 1. The van der Waals surface area contributed by atoms with Crippen molar-refractivity contribution in [3.63, 3.8) is 0 Å². The van der Waals surface area contributed by atoms with E-state index in [0.717, 1.165) is 0 Å². The summed E-state index contributed by atoms with van der Waals surface area (Å²) in [6.45, 7) is 1.54. The van der Waals surface area contributed by atoms with Crippen LogP contribution in [-0.4, -0.2) is 22.9 Å². The third-order valence-electron chi connectivity index (χ3n) is 2.24. The zero-order chi connectivity index (χ0) is 12.0. The minimum atomic E-state index is -1.25. The smallest absolute Gasteiger partial charge is 0.329 e. The average Bonchev–Trinajstić information content (AvgIpc) is 2.30. The van der Waals surface area contributed by atoms with Crippen molar-refractivity contribution in [2.45, 2.75) is 12.5 Å². The summed E-state index contributed by atoms with van der Waals surface area (Å²) in [7, 11) is 0. The van der Waals surface area contributed by atoms with Crippen LogP contribution in [0, 0.1) is 0 Å². The molecule has 0 aliphatic heterocycles. The van der Waals surface area contributed by atoms with Crippen LogP contribution in [0.4, 0.5) is 0 Å². The highest BCUT2D eigenvalue weighted by atomic mass is 16.4. The van der Waals surface area contributed by atoms with Crippen LogP contribution in [0.5, 0.6) is 0 Å². The highest BCUT2D eigenvalue weighted by molar-refractivity contribution is 5.80. The summed E-state index contributed by atoms with van der Waals surface area (Å²) in [4.78, 5) is 11.2. The van der Waals surface area contributed by atoms with E-state index in [1.807, 2.05) is 6.07 Å². The molecule has 94 valence electrons. The number of hydrazone groups is 1. The molecule has 0 aliphatic carbocycles. The van der Waals surface area contributed by atoms with Gasteiger partial charge in [-0.1, -0.05) is 30.3 Å². The Balaban J connectivity index is 0.00000256. The van der Waals surface area contributed by atoms with Crippen LogP contribution in [0.2, 0.25) is 0 Å². The van der Waals surface area contributed by atoms with Gasteiger partial charge >= 0.3 is 5.97 Å². The number of rotatable bonds is 5. The van der Waals surface area contributed by atoms with Crippen molar-refractivity contribution in [2.24, 2.45) is 10.9 Å². The van der Waals surface area contributed by atoms with Crippen LogP contribution in [0.3, 0.4) is 0 Å². The number of nitrogens with two attached hydrogens (primary N) is 1. The third-order valence-corrected chi connectivity index (χ3v) is 2.24. The molecular formula is C10H16N4O3. The number of nitrogens with one attached hydrogen (secondary N) is 2.